The number of aromatic amines is 1. The highest BCUT2D eigenvalue weighted by molar-refractivity contribution is 7.99. The Morgan fingerprint density at radius 2 is 2.31 bits per heavy atom. The SMILES string of the molecule is Nc1cnccc1Sc1nc[nH]c(=O)c1Cl. The Morgan fingerprint density at radius 3 is 3.06 bits per heavy atom. The van der Waals surface area contributed by atoms with Crippen LogP contribution in [-0.4, -0.2) is 15.0 Å². The second-order valence-corrected chi connectivity index (χ2v) is 4.27. The van der Waals surface area contributed by atoms with Crippen molar-refractivity contribution in [2.75, 3.05) is 5.73 Å². The van der Waals surface area contributed by atoms with Crippen molar-refractivity contribution in [3.8, 4) is 0 Å². The van der Waals surface area contributed by atoms with Gasteiger partial charge in [0.2, 0.25) is 0 Å². The van der Waals surface area contributed by atoms with Gasteiger partial charge in [0.15, 0.2) is 0 Å². The van der Waals surface area contributed by atoms with Gasteiger partial charge >= 0.3 is 0 Å². The monoisotopic (exact) mass is 254 g/mol. The molecule has 0 spiro atoms. The third-order valence-corrected chi connectivity index (χ3v) is 3.34. The van der Waals surface area contributed by atoms with Crippen LogP contribution in [0.4, 0.5) is 5.69 Å². The molecule has 0 amide bonds. The summed E-state index contributed by atoms with van der Waals surface area (Å²) in [6.45, 7) is 0. The molecule has 2 aromatic heterocycles. The van der Waals surface area contributed by atoms with Gasteiger partial charge in [-0.1, -0.05) is 23.4 Å². The Labute approximate surface area is 100 Å². The molecule has 0 aromatic carbocycles. The number of anilines is 1. The van der Waals surface area contributed by atoms with Gasteiger partial charge in [-0.2, -0.15) is 0 Å². The van der Waals surface area contributed by atoms with E-state index in [1.807, 2.05) is 0 Å². The number of rotatable bonds is 2. The molecule has 0 atom stereocenters. The molecule has 0 aliphatic heterocycles. The Morgan fingerprint density at radius 1 is 1.50 bits per heavy atom. The number of pyridine rings is 1. The number of nitrogens with one attached hydrogen (secondary N) is 1. The molecular formula is C9H7ClN4OS. The van der Waals surface area contributed by atoms with Crippen molar-refractivity contribution in [2.45, 2.75) is 9.92 Å². The molecule has 5 nitrogen and oxygen atoms in total. The molecule has 2 aromatic rings. The van der Waals surface area contributed by atoms with Crippen molar-refractivity contribution in [1.82, 2.24) is 15.0 Å². The van der Waals surface area contributed by atoms with Gasteiger partial charge in [0.05, 0.1) is 18.2 Å². The molecule has 0 aliphatic carbocycles. The van der Waals surface area contributed by atoms with Crippen LogP contribution < -0.4 is 11.3 Å². The van der Waals surface area contributed by atoms with Gasteiger partial charge in [0, 0.05) is 11.1 Å². The Kier molecular flexibility index (Phi) is 3.12. The fourth-order valence-corrected chi connectivity index (χ4v) is 2.04. The van der Waals surface area contributed by atoms with Crippen LogP contribution in [0.1, 0.15) is 0 Å². The van der Waals surface area contributed by atoms with E-state index in [0.29, 0.717) is 10.7 Å². The molecule has 2 rings (SSSR count). The fraction of sp³-hybridized carbons (Fsp3) is 0. The van der Waals surface area contributed by atoms with Crippen LogP contribution in [0, 0.1) is 0 Å². The van der Waals surface area contributed by atoms with E-state index in [0.717, 1.165) is 4.90 Å². The van der Waals surface area contributed by atoms with Crippen molar-refractivity contribution >= 4 is 29.1 Å². The summed E-state index contributed by atoms with van der Waals surface area (Å²) in [7, 11) is 0. The topological polar surface area (TPSA) is 84.7 Å². The van der Waals surface area contributed by atoms with Gasteiger partial charge in [-0.25, -0.2) is 4.98 Å². The van der Waals surface area contributed by atoms with Crippen molar-refractivity contribution in [2.24, 2.45) is 0 Å². The van der Waals surface area contributed by atoms with Gasteiger partial charge in [0.1, 0.15) is 10.0 Å². The maximum Gasteiger partial charge on any atom is 0.270 e. The van der Waals surface area contributed by atoms with Gasteiger partial charge in [-0.05, 0) is 6.07 Å². The van der Waals surface area contributed by atoms with E-state index in [1.165, 1.54) is 24.3 Å². The molecule has 2 heterocycles. The van der Waals surface area contributed by atoms with Crippen LogP contribution in [0.15, 0.2) is 39.5 Å². The zero-order valence-electron chi connectivity index (χ0n) is 7.98. The molecule has 0 saturated heterocycles. The lowest BCUT2D eigenvalue weighted by Gasteiger charge is -2.04. The number of halogens is 1. The normalized spacial score (nSPS) is 10.3. The minimum atomic E-state index is -0.369. The van der Waals surface area contributed by atoms with Crippen molar-refractivity contribution < 1.29 is 0 Å². The predicted molar refractivity (Wildman–Crippen MR) is 62.6 cm³/mol. The van der Waals surface area contributed by atoms with E-state index in [1.54, 1.807) is 12.3 Å². The molecule has 3 N–H and O–H groups in total. The molecule has 0 fully saturated rings. The Hall–Kier alpha value is -1.53. The first-order chi connectivity index (χ1) is 7.68. The molecule has 0 unspecified atom stereocenters. The largest absolute Gasteiger partial charge is 0.397 e. The van der Waals surface area contributed by atoms with Crippen molar-refractivity contribution in [3.05, 3.63) is 40.2 Å². The molecular weight excluding hydrogens is 248 g/mol. The van der Waals surface area contributed by atoms with Gasteiger partial charge in [-0.15, -0.1) is 0 Å². The van der Waals surface area contributed by atoms with Crippen LogP contribution >= 0.6 is 23.4 Å². The van der Waals surface area contributed by atoms with E-state index in [2.05, 4.69) is 15.0 Å². The van der Waals surface area contributed by atoms with Crippen molar-refractivity contribution in [3.63, 3.8) is 0 Å². The second-order valence-electron chi connectivity index (χ2n) is 2.87. The molecule has 0 radical (unpaired) electrons. The number of nitrogens with two attached hydrogens (primary N) is 1. The standard InChI is InChI=1S/C9H7ClN4OS/c10-7-8(15)13-4-14-9(7)16-6-1-2-12-3-5(6)11/h1-4H,11H2,(H,13,14,15). The zero-order valence-corrected chi connectivity index (χ0v) is 9.55. The first-order valence-corrected chi connectivity index (χ1v) is 5.48. The molecule has 82 valence electrons. The van der Waals surface area contributed by atoms with E-state index >= 15 is 0 Å². The maximum atomic E-state index is 11.2. The summed E-state index contributed by atoms with van der Waals surface area (Å²) in [6.07, 6.45) is 4.44. The van der Waals surface area contributed by atoms with E-state index in [9.17, 15) is 4.79 Å². The zero-order chi connectivity index (χ0) is 11.5. The average molecular weight is 255 g/mol. The molecule has 7 heteroatoms. The lowest BCUT2D eigenvalue weighted by atomic mass is 10.4. The lowest BCUT2D eigenvalue weighted by Crippen LogP contribution is -2.07. The van der Waals surface area contributed by atoms with Crippen LogP contribution in [0.5, 0.6) is 0 Å². The highest BCUT2D eigenvalue weighted by Crippen LogP contribution is 2.32. The smallest absolute Gasteiger partial charge is 0.270 e. The summed E-state index contributed by atoms with van der Waals surface area (Å²) in [4.78, 5) is 22.2. The van der Waals surface area contributed by atoms with Crippen LogP contribution in [-0.2, 0) is 0 Å². The minimum Gasteiger partial charge on any atom is -0.397 e. The summed E-state index contributed by atoms with van der Waals surface area (Å²) < 4.78 is 0. The predicted octanol–water partition coefficient (Wildman–Crippen LogP) is 1.55. The number of hydrogen-bond acceptors (Lipinski definition) is 5. The van der Waals surface area contributed by atoms with Gasteiger partial charge in [-0.3, -0.25) is 9.78 Å². The second kappa shape index (κ2) is 4.54. The van der Waals surface area contributed by atoms with Crippen LogP contribution in [0.3, 0.4) is 0 Å². The highest BCUT2D eigenvalue weighted by Gasteiger charge is 2.09. The van der Waals surface area contributed by atoms with Crippen molar-refractivity contribution in [1.29, 1.82) is 0 Å². The summed E-state index contributed by atoms with van der Waals surface area (Å²) in [6, 6.07) is 1.74. The van der Waals surface area contributed by atoms with Crippen LogP contribution in [0.2, 0.25) is 5.02 Å². The number of nitrogen functional groups attached to an aromatic ring is 1. The summed E-state index contributed by atoms with van der Waals surface area (Å²) >= 11 is 7.04. The quantitative estimate of drug-likeness (QED) is 0.795. The Balaban J connectivity index is 2.38. The summed E-state index contributed by atoms with van der Waals surface area (Å²) in [5.74, 6) is 0. The van der Waals surface area contributed by atoms with E-state index in [-0.39, 0.29) is 10.6 Å². The third-order valence-electron chi connectivity index (χ3n) is 1.78. The average Bonchev–Trinajstić information content (AvgIpc) is 2.28. The molecule has 0 saturated carbocycles. The van der Waals surface area contributed by atoms with E-state index in [4.69, 9.17) is 17.3 Å². The number of aromatic nitrogens is 3. The first-order valence-electron chi connectivity index (χ1n) is 4.29. The molecule has 16 heavy (non-hydrogen) atoms. The third kappa shape index (κ3) is 2.17. The summed E-state index contributed by atoms with van der Waals surface area (Å²) in [5.41, 5.74) is 5.87. The number of nitrogens with zero attached hydrogens (tertiary/aromatic N) is 2. The minimum absolute atomic E-state index is 0.0590. The lowest BCUT2D eigenvalue weighted by molar-refractivity contribution is 1.01. The van der Waals surface area contributed by atoms with Gasteiger partial charge < -0.3 is 10.7 Å². The summed E-state index contributed by atoms with van der Waals surface area (Å²) in [5, 5.41) is 0.479. The maximum absolute atomic E-state index is 11.2. The Bertz CT molecular complexity index is 571. The molecule has 0 bridgehead atoms. The van der Waals surface area contributed by atoms with E-state index < -0.39 is 0 Å². The first kappa shape index (κ1) is 11.0. The number of hydrogen-bond donors (Lipinski definition) is 2. The fourth-order valence-electron chi connectivity index (χ4n) is 1.03. The highest BCUT2D eigenvalue weighted by atomic mass is 35.5. The molecule has 0 aliphatic rings. The van der Waals surface area contributed by atoms with Gasteiger partial charge in [0.25, 0.3) is 5.56 Å². The number of H-pyrrole nitrogens is 1. The van der Waals surface area contributed by atoms with Crippen LogP contribution in [0.25, 0.3) is 0 Å².